The van der Waals surface area contributed by atoms with Gasteiger partial charge in [0.1, 0.15) is 84.2 Å². The van der Waals surface area contributed by atoms with Crippen molar-refractivity contribution in [3.05, 3.63) is 145 Å². The highest BCUT2D eigenvalue weighted by molar-refractivity contribution is 6.00. The number of carbonyl (C=O) groups is 9. The number of benzene rings is 2. The molecule has 0 radical (unpaired) electrons. The van der Waals surface area contributed by atoms with Crippen LogP contribution in [0.2, 0.25) is 0 Å². The van der Waals surface area contributed by atoms with Crippen molar-refractivity contribution in [2.45, 2.75) is 341 Å². The number of aliphatic carboxylic acids is 1. The Labute approximate surface area is 801 Å². The second-order valence-electron chi connectivity index (χ2n) is 36.8. The van der Waals surface area contributed by atoms with Crippen molar-refractivity contribution in [3.63, 3.8) is 0 Å². The zero-order chi connectivity index (χ0) is 102. The molecule has 5 fully saturated rings. The predicted molar refractivity (Wildman–Crippen MR) is 493 cm³/mol. The summed E-state index contributed by atoms with van der Waals surface area (Å²) in [5, 5.41) is 229. The third kappa shape index (κ3) is 34.5. The molecule has 34 atom stereocenters. The van der Waals surface area contributed by atoms with Crippen LogP contribution in [0.5, 0.6) is 11.5 Å². The van der Waals surface area contributed by atoms with Crippen LogP contribution in [0, 0.1) is 23.7 Å². The standard InChI is InChI=1S/C49H71N7O17.C47H73NO17/c1-5-6-7-8-9-10-19-73-31-17-13-28(14-18-31)42(65)50-32-21-34(61)45(68)54-47(70)38-39(62)24(2)22-56(38)49(72)36(26(4)58)52-46(69)37(41(64)40(63)27-11-15-29(59)16-12-27)53-44(67)33-20-30(60)23-55(33)48(71)35(25(3)57)51-43(32)66;1-27-17-15-13-11-9-7-5-6-8-10-12-14-16-18-34(64-46-44(58)41(48)43(57)30(4)63-46)24-38-40(45(59)60)37(54)26-47(61,65-38)25-33(51)21-31(49)19-20-35(52)36(53)22-32(50)23-39(55)62-29(3)28(2)42(27)56/h11-18,24-26,30,32-41,45,57-64,68H,5-10,19-23H2,1-4H3,(H,50,65)(H,51,66)(H,52,69)(H,53,67)(H,54,70);5-18,27-38,40-44,46,49-54,56-58,61H,19-26,48H2,1-4H3,(H,59,60)/b;6-5+,9-7+,10-8+,13-11+,14-12+,17-15+,18-16+/t;27-,28+,29-,30?,31-,32+,33-,34-,35-,36-,37-,38-,40+,41?,42+,43?,44?,46?,47+/m.0/s1. The minimum atomic E-state index is -2.29. The molecule has 0 aromatic heterocycles. The Morgan fingerprint density at radius 3 is 1.73 bits per heavy atom. The summed E-state index contributed by atoms with van der Waals surface area (Å²) in [6.07, 6.45) is -6.81. The second kappa shape index (κ2) is 55.7. The number of nitrogens with zero attached hydrogens (tertiary/aromatic N) is 2. The van der Waals surface area contributed by atoms with E-state index in [-0.39, 0.29) is 55.0 Å². The Hall–Kier alpha value is -9.43. The van der Waals surface area contributed by atoms with Crippen LogP contribution in [-0.4, -0.2) is 361 Å². The molecule has 2 bridgehead atoms. The van der Waals surface area contributed by atoms with Gasteiger partial charge in [0.25, 0.3) is 5.91 Å². The van der Waals surface area contributed by atoms with E-state index < -0.39 is 299 Å². The number of carboxylic acid groups (broad SMARTS) is 1. The molecule has 138 heavy (non-hydrogen) atoms. The number of carboxylic acids is 1. The molecular formula is C96H144N8O34. The molecule has 5 saturated heterocycles. The number of esters is 1. The number of cyclic esters (lactones) is 1. The number of unbranched alkanes of at least 4 members (excludes halogenated alkanes) is 5. The molecule has 2 aromatic carbocycles. The van der Waals surface area contributed by atoms with Crippen molar-refractivity contribution >= 4 is 53.3 Å². The van der Waals surface area contributed by atoms with E-state index in [2.05, 4.69) is 33.5 Å². The van der Waals surface area contributed by atoms with Crippen LogP contribution in [0.4, 0.5) is 0 Å². The van der Waals surface area contributed by atoms with Crippen LogP contribution in [0.1, 0.15) is 180 Å². The van der Waals surface area contributed by atoms with E-state index in [0.29, 0.717) is 12.4 Å². The summed E-state index contributed by atoms with van der Waals surface area (Å²) in [7, 11) is 0. The average molecular weight is 1950 g/mol. The minimum Gasteiger partial charge on any atom is -0.508 e. The normalized spacial score (nSPS) is 37.1. The molecule has 6 aliphatic heterocycles. The molecular weight excluding hydrogens is 1810 g/mol. The third-order valence-corrected chi connectivity index (χ3v) is 25.4. The lowest BCUT2D eigenvalue weighted by Gasteiger charge is -2.45. The summed E-state index contributed by atoms with van der Waals surface area (Å²) in [5.74, 6) is -15.8. The van der Waals surface area contributed by atoms with Crippen LogP contribution in [0.25, 0.3) is 0 Å². The van der Waals surface area contributed by atoms with E-state index in [1.165, 1.54) is 56.3 Å². The largest absolute Gasteiger partial charge is 0.508 e. The Morgan fingerprint density at radius 2 is 1.13 bits per heavy atom. The number of phenols is 1. The lowest BCUT2D eigenvalue weighted by Crippen LogP contribution is -2.64. The summed E-state index contributed by atoms with van der Waals surface area (Å²) < 4.78 is 29.0. The Balaban J connectivity index is 0.000000378. The smallest absolute Gasteiger partial charge is 0.311 e. The van der Waals surface area contributed by atoms with E-state index in [0.717, 1.165) is 74.3 Å². The minimum absolute atomic E-state index is 0.00468. The number of nitrogens with two attached hydrogens (primary N) is 1. The van der Waals surface area contributed by atoms with Gasteiger partial charge in [-0.25, -0.2) is 0 Å². The molecule has 0 saturated carbocycles. The highest BCUT2D eigenvalue weighted by Gasteiger charge is 2.54. The van der Waals surface area contributed by atoms with Gasteiger partial charge in [-0.15, -0.1) is 0 Å². The molecule has 42 heteroatoms. The Bertz CT molecular complexity index is 4430. The molecule has 6 heterocycles. The molecule has 8 rings (SSSR count). The maximum absolute atomic E-state index is 14.4. The lowest BCUT2D eigenvalue weighted by molar-refractivity contribution is -0.308. The number of nitrogens with one attached hydrogen (secondary N) is 5. The van der Waals surface area contributed by atoms with Gasteiger partial charge in [0.05, 0.1) is 111 Å². The number of amides is 7. The van der Waals surface area contributed by atoms with Gasteiger partial charge in [0.2, 0.25) is 35.4 Å². The summed E-state index contributed by atoms with van der Waals surface area (Å²) in [4.78, 5) is 126. The van der Waals surface area contributed by atoms with Gasteiger partial charge in [0.15, 0.2) is 18.3 Å². The number of carbonyl (C=O) groups excluding carboxylic acids is 8. The number of aliphatic hydroxyl groups is 18. The first-order chi connectivity index (χ1) is 65.1. The van der Waals surface area contributed by atoms with E-state index in [1.807, 2.05) is 13.0 Å². The fourth-order valence-electron chi connectivity index (χ4n) is 17.0. The number of fused-ring (bicyclic) bond motifs is 4. The highest BCUT2D eigenvalue weighted by Crippen LogP contribution is 2.39. The number of ether oxygens (including phenoxy) is 5. The fourth-order valence-corrected chi connectivity index (χ4v) is 17.0. The number of rotatable bonds is 18. The van der Waals surface area contributed by atoms with Crippen LogP contribution in [-0.2, 0) is 57.3 Å². The molecule has 6 aliphatic rings. The lowest BCUT2D eigenvalue weighted by atomic mass is 9.82. The maximum atomic E-state index is 14.4. The monoisotopic (exact) mass is 1950 g/mol. The number of hydrogen-bond acceptors (Lipinski definition) is 34. The summed E-state index contributed by atoms with van der Waals surface area (Å²) in [6, 6.07) is -2.16. The maximum Gasteiger partial charge on any atom is 0.311 e. The van der Waals surface area contributed by atoms with Gasteiger partial charge in [-0.1, -0.05) is 157 Å². The molecule has 772 valence electrons. The summed E-state index contributed by atoms with van der Waals surface area (Å²) >= 11 is 0. The Kier molecular flexibility index (Phi) is 46.6. The second-order valence-corrected chi connectivity index (χ2v) is 36.8. The van der Waals surface area contributed by atoms with Crippen molar-refractivity contribution in [1.82, 2.24) is 36.4 Å². The molecule has 42 nitrogen and oxygen atoms in total. The molecule has 2 aromatic rings. The number of allylic oxidation sites excluding steroid dienone is 12. The van der Waals surface area contributed by atoms with Crippen molar-refractivity contribution < 1.29 is 169 Å². The van der Waals surface area contributed by atoms with Crippen molar-refractivity contribution in [2.24, 2.45) is 29.4 Å². The number of hydrogen-bond donors (Lipinski definition) is 26. The van der Waals surface area contributed by atoms with Crippen LogP contribution in [0.15, 0.2) is 134 Å². The summed E-state index contributed by atoms with van der Waals surface area (Å²) in [5.41, 5.74) is 5.95. The highest BCUT2D eigenvalue weighted by atomic mass is 16.7. The average Bonchev–Trinajstić information content (AvgIpc) is 1.59. The molecule has 0 spiro atoms. The predicted octanol–water partition coefficient (Wildman–Crippen LogP) is -2.38. The zero-order valence-corrected chi connectivity index (χ0v) is 78.8. The van der Waals surface area contributed by atoms with E-state index in [9.17, 15) is 145 Å². The van der Waals surface area contributed by atoms with E-state index in [1.54, 1.807) is 86.8 Å². The quantitative estimate of drug-likeness (QED) is 0.0547. The van der Waals surface area contributed by atoms with Gasteiger partial charge in [-0.2, -0.15) is 0 Å². The van der Waals surface area contributed by atoms with Crippen LogP contribution in [0.3, 0.4) is 0 Å². The van der Waals surface area contributed by atoms with E-state index in [4.69, 9.17) is 29.4 Å². The topological polar surface area (TPSA) is 697 Å². The van der Waals surface area contributed by atoms with Gasteiger partial charge in [-0.3, -0.25) is 43.2 Å². The number of phenolic OH excluding ortho intramolecular Hbond substituents is 1. The number of aromatic hydroxyl groups is 1. The SMILES string of the molecule is CC1OC(O[C@H]2/C=C/C=C/C=C/C=C/C=C/C=C/C=C/[C@H](C)[C@@H](O)[C@H](C)[C@H](C)OC(=O)C[C@H](O)C[C@H](O)[C@@H](O)CC[C@H](O)C[C@H](O)C[C@]3(O)C[C@H](O)[C@@H](C(=O)O)[C@H](C2)O3)C(O)C(N)C1O.CCCCCCCCOc1ccc(C(=O)NC2CC(O)C(O)NC(=O)C3C(O)C(C)CN3C(=O)C(C(C)O)NC(=O)C(C(O)C(O)c3ccc(O)cc3)NC(=O)C3CC(O)CN3C(=O)C(C(C)O)NC2=O)cc1. The number of aliphatic hydroxyl groups excluding tert-OH is 17. The fraction of sp³-hybridized carbons (Fsp3) is 0.635. The third-order valence-electron chi connectivity index (χ3n) is 25.4. The van der Waals surface area contributed by atoms with Crippen LogP contribution >= 0.6 is 0 Å². The molecule has 20 unspecified atom stereocenters. The molecule has 0 aliphatic carbocycles. The van der Waals surface area contributed by atoms with Crippen molar-refractivity contribution in [2.75, 3.05) is 19.7 Å². The summed E-state index contributed by atoms with van der Waals surface area (Å²) in [6.45, 7) is 12.0. The van der Waals surface area contributed by atoms with Gasteiger partial charge in [-0.05, 0) is 95.3 Å². The molecule has 7 amide bonds. The zero-order valence-electron chi connectivity index (χ0n) is 78.8. The van der Waals surface area contributed by atoms with Gasteiger partial charge >= 0.3 is 11.9 Å². The van der Waals surface area contributed by atoms with Gasteiger partial charge < -0.3 is 168 Å². The first-order valence-electron chi connectivity index (χ1n) is 47.0. The first kappa shape index (κ1) is 116. The molecule has 27 N–H and O–H groups in total. The van der Waals surface area contributed by atoms with Gasteiger partial charge in [0, 0.05) is 74.9 Å². The Morgan fingerprint density at radius 1 is 0.558 bits per heavy atom. The van der Waals surface area contributed by atoms with E-state index >= 15 is 0 Å². The van der Waals surface area contributed by atoms with Crippen LogP contribution < -0.4 is 37.1 Å². The van der Waals surface area contributed by atoms with Crippen molar-refractivity contribution in [3.8, 4) is 11.5 Å². The first-order valence-corrected chi connectivity index (χ1v) is 47.0. The van der Waals surface area contributed by atoms with Crippen molar-refractivity contribution in [1.29, 1.82) is 0 Å².